The first kappa shape index (κ1) is 19.6. The van der Waals surface area contributed by atoms with E-state index < -0.39 is 0 Å². The molecule has 0 saturated heterocycles. The fourth-order valence-corrected chi connectivity index (χ4v) is 3.30. The summed E-state index contributed by atoms with van der Waals surface area (Å²) in [5, 5.41) is 0.739. The van der Waals surface area contributed by atoms with Crippen LogP contribution in [0, 0.1) is 6.92 Å². The minimum Gasteiger partial charge on any atom is -0.367 e. The summed E-state index contributed by atoms with van der Waals surface area (Å²) in [5.41, 5.74) is 4.90. The minimum absolute atomic E-state index is 0.0872. The number of halogens is 1. The molecule has 3 aromatic carbocycles. The van der Waals surface area contributed by atoms with Crippen molar-refractivity contribution >= 4 is 11.6 Å². The zero-order valence-corrected chi connectivity index (χ0v) is 16.7. The largest absolute Gasteiger partial charge is 0.367 e. The molecule has 0 N–H and O–H groups in total. The van der Waals surface area contributed by atoms with Crippen LogP contribution in [0.15, 0.2) is 78.9 Å². The second-order valence-electron chi connectivity index (χ2n) is 6.94. The van der Waals surface area contributed by atoms with Gasteiger partial charge in [-0.3, -0.25) is 4.90 Å². The summed E-state index contributed by atoms with van der Waals surface area (Å²) in [7, 11) is 2.13. The van der Waals surface area contributed by atoms with Gasteiger partial charge >= 0.3 is 0 Å². The number of likely N-dealkylation sites (N-methyl/N-ethyl adjacent to an activating group) is 1. The maximum atomic E-state index is 6.30. The Hall–Kier alpha value is -2.13. The second kappa shape index (κ2) is 9.70. The molecule has 140 valence electrons. The highest BCUT2D eigenvalue weighted by molar-refractivity contribution is 6.30. The van der Waals surface area contributed by atoms with Crippen molar-refractivity contribution in [1.29, 1.82) is 0 Å². The summed E-state index contributed by atoms with van der Waals surface area (Å²) in [4.78, 5) is 2.29. The Morgan fingerprint density at radius 3 is 2.30 bits per heavy atom. The van der Waals surface area contributed by atoms with Gasteiger partial charge in [-0.05, 0) is 42.8 Å². The highest BCUT2D eigenvalue weighted by Gasteiger charge is 2.15. The molecule has 0 fully saturated rings. The van der Waals surface area contributed by atoms with Gasteiger partial charge in [-0.15, -0.1) is 0 Å². The summed E-state index contributed by atoms with van der Waals surface area (Å²) < 4.78 is 6.30. The monoisotopic (exact) mass is 379 g/mol. The van der Waals surface area contributed by atoms with Crippen molar-refractivity contribution in [2.45, 2.75) is 19.6 Å². The molecule has 0 unspecified atom stereocenters. The van der Waals surface area contributed by atoms with E-state index in [0.717, 1.165) is 29.2 Å². The molecule has 2 nitrogen and oxygen atoms in total. The molecule has 3 heteroatoms. The zero-order valence-electron chi connectivity index (χ0n) is 15.9. The van der Waals surface area contributed by atoms with Gasteiger partial charge in [0.1, 0.15) is 6.10 Å². The van der Waals surface area contributed by atoms with E-state index in [-0.39, 0.29) is 6.10 Å². The van der Waals surface area contributed by atoms with Crippen LogP contribution >= 0.6 is 11.6 Å². The van der Waals surface area contributed by atoms with Crippen LogP contribution < -0.4 is 0 Å². The molecule has 0 heterocycles. The van der Waals surface area contributed by atoms with Gasteiger partial charge in [0.2, 0.25) is 0 Å². The number of ether oxygens (including phenoxy) is 1. The van der Waals surface area contributed by atoms with Gasteiger partial charge in [-0.1, -0.05) is 83.9 Å². The lowest BCUT2D eigenvalue weighted by molar-refractivity contribution is 0.0635. The third kappa shape index (κ3) is 5.93. The van der Waals surface area contributed by atoms with Crippen molar-refractivity contribution in [1.82, 2.24) is 4.90 Å². The number of rotatable bonds is 8. The molecule has 0 spiro atoms. The van der Waals surface area contributed by atoms with Gasteiger partial charge in [-0.2, -0.15) is 0 Å². The molecule has 27 heavy (non-hydrogen) atoms. The summed E-state index contributed by atoms with van der Waals surface area (Å²) in [6, 6.07) is 26.9. The SMILES string of the molecule is Cc1cccc(CN(C)CCO[C@H](c2ccccc2)c2ccc(Cl)cc2)c1. The Morgan fingerprint density at radius 1 is 0.889 bits per heavy atom. The van der Waals surface area contributed by atoms with Crippen molar-refractivity contribution < 1.29 is 4.74 Å². The van der Waals surface area contributed by atoms with Crippen LogP contribution in [0.25, 0.3) is 0 Å². The Bertz CT molecular complexity index is 833. The van der Waals surface area contributed by atoms with E-state index in [1.165, 1.54) is 11.1 Å². The fourth-order valence-electron chi connectivity index (χ4n) is 3.18. The third-order valence-corrected chi connectivity index (χ3v) is 4.82. The smallest absolute Gasteiger partial charge is 0.108 e. The first-order chi connectivity index (χ1) is 13.1. The van der Waals surface area contributed by atoms with E-state index in [1.807, 2.05) is 42.5 Å². The fraction of sp³-hybridized carbons (Fsp3) is 0.250. The Labute approximate surface area is 167 Å². The maximum Gasteiger partial charge on any atom is 0.108 e. The molecule has 0 amide bonds. The standard InChI is InChI=1S/C24H26ClNO/c1-19-7-6-8-20(17-19)18-26(2)15-16-27-24(21-9-4-3-5-10-21)22-11-13-23(25)14-12-22/h3-14,17,24H,15-16,18H2,1-2H3/t24-/m1/s1. The van der Waals surface area contributed by atoms with Crippen molar-refractivity contribution in [2.24, 2.45) is 0 Å². The average molecular weight is 380 g/mol. The van der Waals surface area contributed by atoms with E-state index in [2.05, 4.69) is 55.3 Å². The van der Waals surface area contributed by atoms with Gasteiger partial charge in [0.25, 0.3) is 0 Å². The Morgan fingerprint density at radius 2 is 1.59 bits per heavy atom. The highest BCUT2D eigenvalue weighted by atomic mass is 35.5. The molecule has 1 atom stereocenters. The van der Waals surface area contributed by atoms with Gasteiger partial charge < -0.3 is 4.74 Å². The predicted octanol–water partition coefficient (Wildman–Crippen LogP) is 5.89. The van der Waals surface area contributed by atoms with Crippen molar-refractivity contribution in [3.8, 4) is 0 Å². The van der Waals surface area contributed by atoms with E-state index in [4.69, 9.17) is 16.3 Å². The Kier molecular flexibility index (Phi) is 7.05. The first-order valence-electron chi connectivity index (χ1n) is 9.28. The molecule has 0 bridgehead atoms. The lowest BCUT2D eigenvalue weighted by atomic mass is 10.0. The van der Waals surface area contributed by atoms with Crippen molar-refractivity contribution in [3.05, 3.63) is 106 Å². The first-order valence-corrected chi connectivity index (χ1v) is 9.66. The summed E-state index contributed by atoms with van der Waals surface area (Å²) in [6.45, 7) is 4.57. The highest BCUT2D eigenvalue weighted by Crippen LogP contribution is 2.27. The molecule has 0 saturated carbocycles. The quantitative estimate of drug-likeness (QED) is 0.484. The van der Waals surface area contributed by atoms with E-state index in [9.17, 15) is 0 Å². The molecule has 0 aliphatic rings. The normalized spacial score (nSPS) is 12.3. The molecule has 0 aliphatic heterocycles. The summed E-state index contributed by atoms with van der Waals surface area (Å²) in [5.74, 6) is 0. The van der Waals surface area contributed by atoms with Crippen LogP contribution in [0.4, 0.5) is 0 Å². The van der Waals surface area contributed by atoms with Crippen molar-refractivity contribution in [3.63, 3.8) is 0 Å². The van der Waals surface area contributed by atoms with E-state index in [1.54, 1.807) is 0 Å². The second-order valence-corrected chi connectivity index (χ2v) is 7.38. The third-order valence-electron chi connectivity index (χ3n) is 4.57. The van der Waals surface area contributed by atoms with Gasteiger partial charge in [0.05, 0.1) is 6.61 Å². The van der Waals surface area contributed by atoms with Crippen LogP contribution in [0.3, 0.4) is 0 Å². The zero-order chi connectivity index (χ0) is 19.1. The number of benzene rings is 3. The molecule has 0 aliphatic carbocycles. The Balaban J connectivity index is 1.62. The maximum absolute atomic E-state index is 6.30. The van der Waals surface area contributed by atoms with Gasteiger partial charge in [0.15, 0.2) is 0 Å². The van der Waals surface area contributed by atoms with E-state index >= 15 is 0 Å². The summed E-state index contributed by atoms with van der Waals surface area (Å²) in [6.07, 6.45) is -0.0872. The lowest BCUT2D eigenvalue weighted by Gasteiger charge is -2.22. The number of nitrogens with zero attached hydrogens (tertiary/aromatic N) is 1. The molecule has 0 radical (unpaired) electrons. The summed E-state index contributed by atoms with van der Waals surface area (Å²) >= 11 is 6.05. The van der Waals surface area contributed by atoms with Gasteiger partial charge in [0, 0.05) is 18.1 Å². The molecule has 3 aromatic rings. The number of aryl methyl sites for hydroxylation is 1. The topological polar surface area (TPSA) is 12.5 Å². The van der Waals surface area contributed by atoms with Crippen molar-refractivity contribution in [2.75, 3.05) is 20.2 Å². The molecule has 0 aromatic heterocycles. The van der Waals surface area contributed by atoms with Crippen LogP contribution in [0.1, 0.15) is 28.4 Å². The van der Waals surface area contributed by atoms with Crippen LogP contribution in [-0.4, -0.2) is 25.1 Å². The van der Waals surface area contributed by atoms with Gasteiger partial charge in [-0.25, -0.2) is 0 Å². The lowest BCUT2D eigenvalue weighted by Crippen LogP contribution is -2.24. The van der Waals surface area contributed by atoms with Crippen LogP contribution in [0.5, 0.6) is 0 Å². The molecular weight excluding hydrogens is 354 g/mol. The van der Waals surface area contributed by atoms with Crippen LogP contribution in [-0.2, 0) is 11.3 Å². The number of hydrogen-bond acceptors (Lipinski definition) is 2. The predicted molar refractivity (Wildman–Crippen MR) is 113 cm³/mol. The molecule has 3 rings (SSSR count). The minimum atomic E-state index is -0.0872. The van der Waals surface area contributed by atoms with E-state index in [0.29, 0.717) is 6.61 Å². The average Bonchev–Trinajstić information content (AvgIpc) is 2.67. The molecular formula is C24H26ClNO. The van der Waals surface area contributed by atoms with Crippen LogP contribution in [0.2, 0.25) is 5.02 Å². The number of hydrogen-bond donors (Lipinski definition) is 0.